The number of carboxylic acids is 1. The lowest BCUT2D eigenvalue weighted by atomic mass is 9.98. The summed E-state index contributed by atoms with van der Waals surface area (Å²) < 4.78 is 40.3. The molecule has 0 saturated heterocycles. The molecule has 29 heavy (non-hydrogen) atoms. The van der Waals surface area contributed by atoms with Crippen LogP contribution in [-0.2, 0) is 6.18 Å². The average Bonchev–Trinajstić information content (AvgIpc) is 3.18. The quantitative estimate of drug-likeness (QED) is 0.724. The smallest absolute Gasteiger partial charge is 0.434 e. The number of halogens is 3. The summed E-state index contributed by atoms with van der Waals surface area (Å²) in [7, 11) is 0. The van der Waals surface area contributed by atoms with Gasteiger partial charge in [0.2, 0.25) is 0 Å². The van der Waals surface area contributed by atoms with Gasteiger partial charge in [0, 0.05) is 18.9 Å². The van der Waals surface area contributed by atoms with E-state index >= 15 is 0 Å². The number of nitrogens with one attached hydrogen (secondary N) is 1. The molecule has 1 aliphatic rings. The minimum Gasteiger partial charge on any atom is -0.478 e. The van der Waals surface area contributed by atoms with Gasteiger partial charge in [-0.3, -0.25) is 4.79 Å². The lowest BCUT2D eigenvalue weighted by molar-refractivity contribution is -0.141. The van der Waals surface area contributed by atoms with Crippen molar-refractivity contribution in [3.8, 4) is 0 Å². The van der Waals surface area contributed by atoms with Crippen LogP contribution in [0.15, 0.2) is 35.5 Å². The number of rotatable bonds is 7. The maximum absolute atomic E-state index is 13.1. The fraction of sp³-hybridized carbons (Fsp3) is 0.474. The maximum Gasteiger partial charge on any atom is 0.434 e. The molecule has 1 aliphatic carbocycles. The van der Waals surface area contributed by atoms with Gasteiger partial charge >= 0.3 is 12.1 Å². The van der Waals surface area contributed by atoms with Crippen LogP contribution in [0.2, 0.25) is 0 Å². The first kappa shape index (κ1) is 20.8. The summed E-state index contributed by atoms with van der Waals surface area (Å²) in [5, 5.41) is 11.9. The van der Waals surface area contributed by atoms with E-state index in [0.717, 1.165) is 36.4 Å². The second-order valence-corrected chi connectivity index (χ2v) is 7.17. The Balaban J connectivity index is 1.82. The molecule has 0 bridgehead atoms. The second kappa shape index (κ2) is 8.62. The zero-order valence-corrected chi connectivity index (χ0v) is 15.5. The van der Waals surface area contributed by atoms with E-state index < -0.39 is 29.4 Å². The Morgan fingerprint density at radius 1 is 1.24 bits per heavy atom. The van der Waals surface area contributed by atoms with Crippen LogP contribution in [0.5, 0.6) is 0 Å². The summed E-state index contributed by atoms with van der Waals surface area (Å²) in [5.41, 5.74) is -1.69. The topological polar surface area (TPSA) is 97.1 Å². The largest absolute Gasteiger partial charge is 0.478 e. The predicted molar refractivity (Wildman–Crippen MR) is 98.8 cm³/mol. The molecule has 0 aliphatic heterocycles. The normalized spacial score (nSPS) is 16.0. The summed E-state index contributed by atoms with van der Waals surface area (Å²) >= 11 is 0. The molecular formula is C19H21F3N4O3. The van der Waals surface area contributed by atoms with Gasteiger partial charge in [0.25, 0.3) is 5.56 Å². The van der Waals surface area contributed by atoms with Crippen LogP contribution >= 0.6 is 0 Å². The Kier molecular flexibility index (Phi) is 6.19. The molecule has 7 nitrogen and oxygen atoms in total. The fourth-order valence-corrected chi connectivity index (χ4v) is 3.63. The molecule has 0 aromatic carbocycles. The number of pyridine rings is 1. The van der Waals surface area contributed by atoms with E-state index in [1.807, 2.05) is 0 Å². The van der Waals surface area contributed by atoms with Crippen molar-refractivity contribution >= 4 is 11.8 Å². The van der Waals surface area contributed by atoms with Crippen molar-refractivity contribution in [2.45, 2.75) is 44.3 Å². The Morgan fingerprint density at radius 2 is 1.97 bits per heavy atom. The van der Waals surface area contributed by atoms with Gasteiger partial charge in [0.1, 0.15) is 5.82 Å². The SMILES string of the molecule is O=C(O)c1ccc(NC[C@H](CC2CCCC2)n2cc(C(F)(F)F)ncc2=O)nc1. The number of carbonyl (C=O) groups is 1. The number of carboxylic acid groups (broad SMARTS) is 1. The van der Waals surface area contributed by atoms with E-state index in [4.69, 9.17) is 5.11 Å². The number of aromatic nitrogens is 3. The summed E-state index contributed by atoms with van der Waals surface area (Å²) in [6.45, 7) is 0.178. The molecule has 2 heterocycles. The summed E-state index contributed by atoms with van der Waals surface area (Å²) in [6, 6.07) is 2.34. The highest BCUT2D eigenvalue weighted by molar-refractivity contribution is 5.87. The first-order valence-electron chi connectivity index (χ1n) is 9.32. The van der Waals surface area contributed by atoms with Crippen LogP contribution in [0.25, 0.3) is 0 Å². The van der Waals surface area contributed by atoms with Crippen LogP contribution in [0.4, 0.5) is 19.0 Å². The highest BCUT2D eigenvalue weighted by atomic mass is 19.4. The van der Waals surface area contributed by atoms with Crippen molar-refractivity contribution in [3.63, 3.8) is 0 Å². The van der Waals surface area contributed by atoms with Gasteiger partial charge < -0.3 is 15.0 Å². The number of alkyl halides is 3. The van der Waals surface area contributed by atoms with Gasteiger partial charge in [-0.2, -0.15) is 13.2 Å². The molecule has 0 amide bonds. The minimum atomic E-state index is -4.64. The monoisotopic (exact) mass is 410 g/mol. The van der Waals surface area contributed by atoms with E-state index in [-0.39, 0.29) is 12.1 Å². The van der Waals surface area contributed by atoms with Gasteiger partial charge in [0.15, 0.2) is 5.69 Å². The summed E-state index contributed by atoms with van der Waals surface area (Å²) in [4.78, 5) is 30.4. The van der Waals surface area contributed by atoms with Gasteiger partial charge in [-0.15, -0.1) is 0 Å². The van der Waals surface area contributed by atoms with Crippen LogP contribution in [-0.4, -0.2) is 32.2 Å². The average molecular weight is 410 g/mol. The zero-order chi connectivity index (χ0) is 21.0. The molecule has 156 valence electrons. The van der Waals surface area contributed by atoms with Crippen LogP contribution in [0.1, 0.15) is 54.2 Å². The van der Waals surface area contributed by atoms with Gasteiger partial charge in [-0.1, -0.05) is 25.7 Å². The van der Waals surface area contributed by atoms with Crippen molar-refractivity contribution < 1.29 is 23.1 Å². The highest BCUT2D eigenvalue weighted by Crippen LogP contribution is 2.33. The third-order valence-electron chi connectivity index (χ3n) is 5.12. The van der Waals surface area contributed by atoms with Gasteiger partial charge in [-0.25, -0.2) is 14.8 Å². The van der Waals surface area contributed by atoms with Crippen LogP contribution in [0, 0.1) is 5.92 Å². The Hall–Kier alpha value is -2.91. The second-order valence-electron chi connectivity index (χ2n) is 7.17. The maximum atomic E-state index is 13.1. The van der Waals surface area contributed by atoms with Crippen molar-refractivity contribution in [2.75, 3.05) is 11.9 Å². The van der Waals surface area contributed by atoms with E-state index in [9.17, 15) is 22.8 Å². The summed E-state index contributed by atoms with van der Waals surface area (Å²) in [6.07, 6.45) is 2.68. The summed E-state index contributed by atoms with van der Waals surface area (Å²) in [5.74, 6) is -0.394. The fourth-order valence-electron chi connectivity index (χ4n) is 3.63. The van der Waals surface area contributed by atoms with Gasteiger partial charge in [-0.05, 0) is 24.5 Å². The van der Waals surface area contributed by atoms with E-state index in [1.165, 1.54) is 18.3 Å². The molecule has 10 heteroatoms. The van der Waals surface area contributed by atoms with Crippen LogP contribution < -0.4 is 10.9 Å². The van der Waals surface area contributed by atoms with E-state index in [2.05, 4.69) is 15.3 Å². The molecular weight excluding hydrogens is 389 g/mol. The molecule has 0 unspecified atom stereocenters. The Labute approximate surface area is 164 Å². The molecule has 2 aromatic rings. The van der Waals surface area contributed by atoms with Crippen molar-refractivity contribution in [2.24, 2.45) is 5.92 Å². The Bertz CT molecular complexity index is 906. The highest BCUT2D eigenvalue weighted by Gasteiger charge is 2.34. The third-order valence-corrected chi connectivity index (χ3v) is 5.12. The number of anilines is 1. The van der Waals surface area contributed by atoms with E-state index in [1.54, 1.807) is 0 Å². The molecule has 0 spiro atoms. The molecule has 2 N–H and O–H groups in total. The van der Waals surface area contributed by atoms with Crippen molar-refractivity contribution in [1.82, 2.24) is 14.5 Å². The van der Waals surface area contributed by atoms with Gasteiger partial charge in [0.05, 0.1) is 17.8 Å². The standard InChI is InChI=1S/C19H21F3N4O3/c20-19(21,22)15-11-26(17(27)10-23-15)14(7-12-3-1-2-4-12)9-25-16-6-5-13(8-24-16)18(28)29/h5-6,8,10-12,14H,1-4,7,9H2,(H,24,25)(H,28,29)/t14-/m0/s1. The molecule has 1 atom stereocenters. The molecule has 1 saturated carbocycles. The van der Waals surface area contributed by atoms with Crippen molar-refractivity contribution in [3.05, 3.63) is 52.3 Å². The molecule has 1 fully saturated rings. The molecule has 0 radical (unpaired) electrons. The number of hydrogen-bond acceptors (Lipinski definition) is 5. The van der Waals surface area contributed by atoms with Crippen molar-refractivity contribution in [1.29, 1.82) is 0 Å². The molecule has 2 aromatic heterocycles. The first-order valence-corrected chi connectivity index (χ1v) is 9.32. The molecule has 3 rings (SSSR count). The number of hydrogen-bond donors (Lipinski definition) is 2. The number of aromatic carboxylic acids is 1. The van der Waals surface area contributed by atoms with Crippen LogP contribution in [0.3, 0.4) is 0 Å². The third kappa shape index (κ3) is 5.33. The Morgan fingerprint density at radius 3 is 2.55 bits per heavy atom. The lowest BCUT2D eigenvalue weighted by Gasteiger charge is -2.24. The van der Waals surface area contributed by atoms with E-state index in [0.29, 0.717) is 24.4 Å². The minimum absolute atomic E-state index is 0.0261. The number of nitrogens with zero attached hydrogens (tertiary/aromatic N) is 3. The zero-order valence-electron chi connectivity index (χ0n) is 15.5. The lowest BCUT2D eigenvalue weighted by Crippen LogP contribution is -2.32. The first-order chi connectivity index (χ1) is 13.7. The predicted octanol–water partition coefficient (Wildman–Crippen LogP) is 3.59.